The number of ether oxygens (including phenoxy) is 1. The molecule has 0 amide bonds. The molecule has 0 aromatic rings. The van der Waals surface area contributed by atoms with E-state index in [0.29, 0.717) is 23.7 Å². The summed E-state index contributed by atoms with van der Waals surface area (Å²) in [4.78, 5) is 0. The molecule has 0 aliphatic carbocycles. The van der Waals surface area contributed by atoms with Crippen molar-refractivity contribution in [1.82, 2.24) is 5.32 Å². The first-order valence-corrected chi connectivity index (χ1v) is 4.74. The lowest BCUT2D eigenvalue weighted by Gasteiger charge is -2.27. The Bertz CT molecular complexity index is 161. The van der Waals surface area contributed by atoms with Gasteiger partial charge in [-0.25, -0.2) is 0 Å². The van der Waals surface area contributed by atoms with Crippen molar-refractivity contribution in [2.75, 3.05) is 13.2 Å². The van der Waals surface area contributed by atoms with Crippen molar-refractivity contribution in [1.29, 1.82) is 0 Å². The van der Waals surface area contributed by atoms with Crippen molar-refractivity contribution in [2.24, 2.45) is 0 Å². The number of hydrogen-bond acceptors (Lipinski definition) is 2. The average molecular weight is 190 g/mol. The first-order valence-electron chi connectivity index (χ1n) is 4.36. The van der Waals surface area contributed by atoms with Crippen LogP contribution in [0.25, 0.3) is 0 Å². The van der Waals surface area contributed by atoms with Crippen molar-refractivity contribution in [3.63, 3.8) is 0 Å². The summed E-state index contributed by atoms with van der Waals surface area (Å²) in [5.74, 6) is 0. The number of rotatable bonds is 3. The molecule has 1 saturated heterocycles. The normalized spacial score (nSPS) is 30.2. The molecule has 0 spiro atoms. The Balaban J connectivity index is 2.18. The molecule has 3 heteroatoms. The maximum Gasteiger partial charge on any atom is 0.0561 e. The maximum atomic E-state index is 5.65. The molecule has 0 radical (unpaired) electrons. The largest absolute Gasteiger partial charge is 0.378 e. The van der Waals surface area contributed by atoms with Crippen LogP contribution in [0.2, 0.25) is 0 Å². The molecule has 1 heterocycles. The molecule has 12 heavy (non-hydrogen) atoms. The minimum Gasteiger partial charge on any atom is -0.378 e. The van der Waals surface area contributed by atoms with Gasteiger partial charge < -0.3 is 10.1 Å². The second-order valence-corrected chi connectivity index (χ2v) is 3.84. The van der Waals surface area contributed by atoms with Crippen LogP contribution < -0.4 is 5.32 Å². The predicted octanol–water partition coefficient (Wildman–Crippen LogP) is 1.90. The summed E-state index contributed by atoms with van der Waals surface area (Å²) in [5.41, 5.74) is 0. The molecule has 1 aliphatic rings. The third kappa shape index (κ3) is 3.57. The fraction of sp³-hybridized carbons (Fsp3) is 0.778. The first-order chi connectivity index (χ1) is 5.68. The summed E-state index contributed by atoms with van der Waals surface area (Å²) in [6.07, 6.45) is 2.53. The molecule has 1 fully saturated rings. The van der Waals surface area contributed by atoms with E-state index in [2.05, 4.69) is 18.8 Å². The molecular weight excluding hydrogens is 174 g/mol. The minimum absolute atomic E-state index is 0.375. The lowest BCUT2D eigenvalue weighted by atomic mass is 10.0. The van der Waals surface area contributed by atoms with Crippen LogP contribution in [0.1, 0.15) is 19.8 Å². The molecule has 2 nitrogen and oxygen atoms in total. The van der Waals surface area contributed by atoms with E-state index in [1.807, 2.05) is 0 Å². The van der Waals surface area contributed by atoms with E-state index < -0.39 is 0 Å². The van der Waals surface area contributed by atoms with Crippen LogP contribution in [0.3, 0.4) is 0 Å². The fourth-order valence-electron chi connectivity index (χ4n) is 1.44. The molecule has 1 N–H and O–H groups in total. The number of hydrogen-bond donors (Lipinski definition) is 1. The van der Waals surface area contributed by atoms with Gasteiger partial charge >= 0.3 is 0 Å². The van der Waals surface area contributed by atoms with Crippen LogP contribution in [0.4, 0.5) is 0 Å². The quantitative estimate of drug-likeness (QED) is 0.733. The topological polar surface area (TPSA) is 21.3 Å². The van der Waals surface area contributed by atoms with Crippen LogP contribution in [0, 0.1) is 0 Å². The lowest BCUT2D eigenvalue weighted by molar-refractivity contribution is 0.0140. The van der Waals surface area contributed by atoms with Crippen LogP contribution >= 0.6 is 11.6 Å². The number of halogens is 1. The Morgan fingerprint density at radius 2 is 2.50 bits per heavy atom. The summed E-state index contributed by atoms with van der Waals surface area (Å²) in [5, 5.41) is 4.02. The van der Waals surface area contributed by atoms with Crippen molar-refractivity contribution < 1.29 is 4.74 Å². The highest BCUT2D eigenvalue weighted by Gasteiger charge is 2.18. The average Bonchev–Trinajstić information content (AvgIpc) is 2.01. The van der Waals surface area contributed by atoms with Crippen molar-refractivity contribution >= 4 is 11.6 Å². The van der Waals surface area contributed by atoms with Gasteiger partial charge in [-0.15, -0.1) is 0 Å². The van der Waals surface area contributed by atoms with Gasteiger partial charge in [0.25, 0.3) is 0 Å². The van der Waals surface area contributed by atoms with Gasteiger partial charge in [-0.3, -0.25) is 0 Å². The zero-order chi connectivity index (χ0) is 8.97. The molecule has 2 atom stereocenters. The minimum atomic E-state index is 0.375. The van der Waals surface area contributed by atoms with Gasteiger partial charge in [-0.2, -0.15) is 0 Å². The predicted molar refractivity (Wildman–Crippen MR) is 51.4 cm³/mol. The SMILES string of the molecule is C=C(Cl)CNC1CCOC(C)C1. The van der Waals surface area contributed by atoms with Crippen LogP contribution in [0.5, 0.6) is 0 Å². The Morgan fingerprint density at radius 3 is 3.08 bits per heavy atom. The second-order valence-electron chi connectivity index (χ2n) is 3.30. The van der Waals surface area contributed by atoms with Gasteiger partial charge in [0.2, 0.25) is 0 Å². The molecule has 0 saturated carbocycles. The van der Waals surface area contributed by atoms with E-state index in [-0.39, 0.29) is 0 Å². The van der Waals surface area contributed by atoms with Crippen LogP contribution in [-0.2, 0) is 4.74 Å². The van der Waals surface area contributed by atoms with Crippen molar-refractivity contribution in [3.8, 4) is 0 Å². The Hall–Kier alpha value is -0.0500. The van der Waals surface area contributed by atoms with E-state index in [1.54, 1.807) is 0 Å². The highest BCUT2D eigenvalue weighted by molar-refractivity contribution is 6.29. The smallest absolute Gasteiger partial charge is 0.0561 e. The zero-order valence-electron chi connectivity index (χ0n) is 7.48. The van der Waals surface area contributed by atoms with E-state index >= 15 is 0 Å². The van der Waals surface area contributed by atoms with E-state index in [1.165, 1.54) is 0 Å². The highest BCUT2D eigenvalue weighted by Crippen LogP contribution is 2.13. The monoisotopic (exact) mass is 189 g/mol. The van der Waals surface area contributed by atoms with Crippen LogP contribution in [-0.4, -0.2) is 25.3 Å². The molecule has 0 aromatic heterocycles. The van der Waals surface area contributed by atoms with E-state index in [0.717, 1.165) is 19.4 Å². The van der Waals surface area contributed by atoms with Crippen molar-refractivity contribution in [2.45, 2.75) is 31.9 Å². The van der Waals surface area contributed by atoms with E-state index in [9.17, 15) is 0 Å². The van der Waals surface area contributed by atoms with Gasteiger partial charge in [-0.05, 0) is 19.8 Å². The second kappa shape index (κ2) is 4.85. The van der Waals surface area contributed by atoms with Crippen LogP contribution in [0.15, 0.2) is 11.6 Å². The molecule has 2 unspecified atom stereocenters. The Morgan fingerprint density at radius 1 is 1.75 bits per heavy atom. The summed E-state index contributed by atoms with van der Waals surface area (Å²) in [7, 11) is 0. The third-order valence-electron chi connectivity index (χ3n) is 2.07. The summed E-state index contributed by atoms with van der Waals surface area (Å²) in [6, 6.07) is 0.546. The van der Waals surface area contributed by atoms with Gasteiger partial charge in [0, 0.05) is 24.2 Å². The summed E-state index contributed by atoms with van der Waals surface area (Å²) in [6.45, 7) is 7.29. The third-order valence-corrected chi connectivity index (χ3v) is 2.20. The Kier molecular flexibility index (Phi) is 4.06. The Labute approximate surface area is 78.9 Å². The standard InChI is InChI=1S/C9H16ClNO/c1-7(10)6-11-9-3-4-12-8(2)5-9/h8-9,11H,1,3-6H2,2H3. The van der Waals surface area contributed by atoms with Crippen molar-refractivity contribution in [3.05, 3.63) is 11.6 Å². The van der Waals surface area contributed by atoms with Gasteiger partial charge in [0.1, 0.15) is 0 Å². The molecule has 70 valence electrons. The zero-order valence-corrected chi connectivity index (χ0v) is 8.23. The van der Waals surface area contributed by atoms with E-state index in [4.69, 9.17) is 16.3 Å². The molecule has 1 aliphatic heterocycles. The van der Waals surface area contributed by atoms with Gasteiger partial charge in [-0.1, -0.05) is 18.2 Å². The highest BCUT2D eigenvalue weighted by atomic mass is 35.5. The van der Waals surface area contributed by atoms with Gasteiger partial charge in [0.05, 0.1) is 6.10 Å². The molecule has 0 bridgehead atoms. The molecule has 0 aromatic carbocycles. The summed E-state index contributed by atoms with van der Waals surface area (Å²) < 4.78 is 5.42. The van der Waals surface area contributed by atoms with Gasteiger partial charge in [0.15, 0.2) is 0 Å². The molecule has 1 rings (SSSR count). The lowest BCUT2D eigenvalue weighted by Crippen LogP contribution is -2.38. The molecular formula is C9H16ClNO. The fourth-order valence-corrected chi connectivity index (χ4v) is 1.52. The first kappa shape index (κ1) is 10.0. The number of nitrogens with one attached hydrogen (secondary N) is 1. The maximum absolute atomic E-state index is 5.65. The summed E-state index contributed by atoms with van der Waals surface area (Å²) >= 11 is 5.65.